The van der Waals surface area contributed by atoms with Gasteiger partial charge in [0.05, 0.1) is 0 Å². The molecule has 0 aliphatic rings. The largest absolute Gasteiger partial charge is 0.314 e. The van der Waals surface area contributed by atoms with E-state index in [2.05, 4.69) is 0 Å². The highest BCUT2D eigenvalue weighted by atomic mass is 31.2. The molecule has 1 atom stereocenters. The topological polar surface area (TPSA) is 17.1 Å². The molecule has 0 aliphatic heterocycles. The van der Waals surface area contributed by atoms with Crippen LogP contribution in [0.15, 0.2) is 54.6 Å². The lowest BCUT2D eigenvalue weighted by Crippen LogP contribution is -2.14. The maximum absolute atomic E-state index is 12.7. The monoisotopic (exact) mass is 230 g/mol. The van der Waals surface area contributed by atoms with E-state index < -0.39 is 7.14 Å². The molecule has 0 spiro atoms. The van der Waals surface area contributed by atoms with Gasteiger partial charge >= 0.3 is 0 Å². The number of hydrogen-bond donors (Lipinski definition) is 0. The molecule has 0 aromatic heterocycles. The predicted molar refractivity (Wildman–Crippen MR) is 70.4 cm³/mol. The van der Waals surface area contributed by atoms with E-state index in [0.29, 0.717) is 0 Å². The van der Waals surface area contributed by atoms with Crippen molar-refractivity contribution >= 4 is 17.8 Å². The molecule has 0 heterocycles. The van der Waals surface area contributed by atoms with Crippen LogP contribution in [0.5, 0.6) is 0 Å². The summed E-state index contributed by atoms with van der Waals surface area (Å²) in [5.41, 5.74) is 1.19. The van der Waals surface area contributed by atoms with Crippen LogP contribution < -0.4 is 10.6 Å². The van der Waals surface area contributed by atoms with Crippen molar-refractivity contribution < 1.29 is 4.57 Å². The van der Waals surface area contributed by atoms with Crippen LogP contribution in [0.4, 0.5) is 0 Å². The Morgan fingerprint density at radius 3 is 1.88 bits per heavy atom. The second kappa shape index (κ2) is 4.27. The number of benzene rings is 2. The summed E-state index contributed by atoms with van der Waals surface area (Å²) in [5.74, 6) is 0. The first kappa shape index (κ1) is 11.2. The molecular formula is C14H15OP. The molecule has 0 bridgehead atoms. The summed E-state index contributed by atoms with van der Waals surface area (Å²) >= 11 is 0. The van der Waals surface area contributed by atoms with Crippen LogP contribution in [0.3, 0.4) is 0 Å². The molecule has 2 aromatic carbocycles. The molecule has 0 saturated carbocycles. The third-order valence-electron chi connectivity index (χ3n) is 2.78. The lowest BCUT2D eigenvalue weighted by molar-refractivity contribution is 0.590. The molecule has 0 amide bonds. The molecule has 2 rings (SSSR count). The molecule has 2 heteroatoms. The van der Waals surface area contributed by atoms with Crippen molar-refractivity contribution in [2.75, 3.05) is 6.66 Å². The van der Waals surface area contributed by atoms with Gasteiger partial charge in [-0.15, -0.1) is 0 Å². The normalized spacial score (nSPS) is 14.4. The van der Waals surface area contributed by atoms with Crippen molar-refractivity contribution in [3.8, 4) is 0 Å². The zero-order valence-corrected chi connectivity index (χ0v) is 10.4. The van der Waals surface area contributed by atoms with Gasteiger partial charge in [-0.1, -0.05) is 60.2 Å². The predicted octanol–water partition coefficient (Wildman–Crippen LogP) is 2.94. The molecule has 0 radical (unpaired) electrons. The van der Waals surface area contributed by atoms with E-state index in [4.69, 9.17) is 0 Å². The zero-order chi connectivity index (χ0) is 11.6. The third-order valence-corrected chi connectivity index (χ3v) is 5.34. The van der Waals surface area contributed by atoms with Crippen molar-refractivity contribution in [3.05, 3.63) is 60.2 Å². The van der Waals surface area contributed by atoms with E-state index >= 15 is 0 Å². The summed E-state index contributed by atoms with van der Waals surface area (Å²) in [7, 11) is -2.42. The van der Waals surface area contributed by atoms with Gasteiger partial charge in [-0.2, -0.15) is 0 Å². The summed E-state index contributed by atoms with van der Waals surface area (Å²) < 4.78 is 12.7. The highest BCUT2D eigenvalue weighted by Gasteiger charge is 2.19. The average molecular weight is 230 g/mol. The van der Waals surface area contributed by atoms with Gasteiger partial charge in [0.15, 0.2) is 0 Å². The van der Waals surface area contributed by atoms with Crippen molar-refractivity contribution in [1.29, 1.82) is 0 Å². The molecular weight excluding hydrogens is 215 g/mol. The lowest BCUT2D eigenvalue weighted by atomic mass is 10.2. The van der Waals surface area contributed by atoms with Crippen LogP contribution in [0.1, 0.15) is 5.56 Å². The van der Waals surface area contributed by atoms with Gasteiger partial charge < -0.3 is 4.57 Å². The van der Waals surface area contributed by atoms with Crippen molar-refractivity contribution in [3.63, 3.8) is 0 Å². The second-order valence-corrected chi connectivity index (χ2v) is 6.98. The van der Waals surface area contributed by atoms with Crippen LogP contribution in [-0.4, -0.2) is 6.66 Å². The third kappa shape index (κ3) is 2.10. The number of hydrogen-bond acceptors (Lipinski definition) is 1. The van der Waals surface area contributed by atoms with E-state index in [1.807, 2.05) is 68.2 Å². The molecule has 16 heavy (non-hydrogen) atoms. The van der Waals surface area contributed by atoms with Crippen molar-refractivity contribution in [1.82, 2.24) is 0 Å². The summed E-state index contributed by atoms with van der Waals surface area (Å²) in [6.45, 7) is 3.86. The molecule has 2 aromatic rings. The van der Waals surface area contributed by atoms with Crippen LogP contribution in [0.25, 0.3) is 0 Å². The van der Waals surface area contributed by atoms with Gasteiger partial charge in [-0.3, -0.25) is 0 Å². The molecule has 0 aliphatic carbocycles. The lowest BCUT2D eigenvalue weighted by Gasteiger charge is -2.13. The van der Waals surface area contributed by atoms with Crippen molar-refractivity contribution in [2.45, 2.75) is 6.92 Å². The first-order valence-electron chi connectivity index (χ1n) is 5.31. The van der Waals surface area contributed by atoms with Crippen LogP contribution >= 0.6 is 7.14 Å². The second-order valence-electron chi connectivity index (χ2n) is 4.10. The van der Waals surface area contributed by atoms with Gasteiger partial charge in [-0.25, -0.2) is 0 Å². The Hall–Kier alpha value is -1.33. The summed E-state index contributed by atoms with van der Waals surface area (Å²) in [4.78, 5) is 0. The molecule has 1 unspecified atom stereocenters. The quantitative estimate of drug-likeness (QED) is 0.725. The van der Waals surface area contributed by atoms with Gasteiger partial charge in [-0.05, 0) is 13.6 Å². The maximum atomic E-state index is 12.7. The number of aryl methyl sites for hydroxylation is 1. The number of rotatable bonds is 2. The van der Waals surface area contributed by atoms with E-state index in [1.54, 1.807) is 0 Å². The Bertz CT molecular complexity index is 514. The first-order valence-corrected chi connectivity index (χ1v) is 7.46. The fourth-order valence-electron chi connectivity index (χ4n) is 1.69. The molecule has 1 nitrogen and oxygen atoms in total. The zero-order valence-electron chi connectivity index (χ0n) is 9.55. The van der Waals surface area contributed by atoms with E-state index in [-0.39, 0.29) is 0 Å². The minimum atomic E-state index is -2.42. The van der Waals surface area contributed by atoms with Gasteiger partial charge in [0, 0.05) is 10.6 Å². The van der Waals surface area contributed by atoms with Crippen LogP contribution in [-0.2, 0) is 4.57 Å². The average Bonchev–Trinajstić information content (AvgIpc) is 2.31. The fourth-order valence-corrected chi connectivity index (χ4v) is 3.45. The summed E-state index contributed by atoms with van der Waals surface area (Å²) in [6.07, 6.45) is 0. The van der Waals surface area contributed by atoms with Gasteiger partial charge in [0.1, 0.15) is 7.14 Å². The summed E-state index contributed by atoms with van der Waals surface area (Å²) in [6, 6.07) is 17.6. The fraction of sp³-hybridized carbons (Fsp3) is 0.143. The van der Waals surface area contributed by atoms with Crippen molar-refractivity contribution in [2.24, 2.45) is 0 Å². The Labute approximate surface area is 96.5 Å². The van der Waals surface area contributed by atoms with E-state index in [0.717, 1.165) is 10.6 Å². The minimum Gasteiger partial charge on any atom is -0.314 e. The molecule has 0 N–H and O–H groups in total. The Morgan fingerprint density at radius 1 is 0.812 bits per heavy atom. The Kier molecular flexibility index (Phi) is 2.98. The Balaban J connectivity index is 2.47. The molecule has 0 saturated heterocycles. The highest BCUT2D eigenvalue weighted by molar-refractivity contribution is 7.78. The van der Waals surface area contributed by atoms with E-state index in [9.17, 15) is 4.57 Å². The smallest absolute Gasteiger partial charge is 0.140 e. The van der Waals surface area contributed by atoms with Crippen LogP contribution in [0.2, 0.25) is 0 Å². The van der Waals surface area contributed by atoms with Gasteiger partial charge in [0.2, 0.25) is 0 Å². The minimum absolute atomic E-state index is 0.916. The van der Waals surface area contributed by atoms with E-state index in [1.165, 1.54) is 5.56 Å². The van der Waals surface area contributed by atoms with Gasteiger partial charge in [0.25, 0.3) is 0 Å². The maximum Gasteiger partial charge on any atom is 0.140 e. The first-order chi connectivity index (χ1) is 7.60. The standard InChI is InChI=1S/C14H15OP/c1-12-8-10-14(11-9-12)16(2,15)13-6-4-3-5-7-13/h3-11H,1-2H3. The Morgan fingerprint density at radius 2 is 1.31 bits per heavy atom. The highest BCUT2D eigenvalue weighted by Crippen LogP contribution is 2.38. The molecule has 0 fully saturated rings. The summed E-state index contributed by atoms with van der Waals surface area (Å²) in [5, 5.41) is 1.84. The van der Waals surface area contributed by atoms with Crippen LogP contribution in [0, 0.1) is 6.92 Å². The molecule has 82 valence electrons. The SMILES string of the molecule is Cc1ccc(P(C)(=O)c2ccccc2)cc1.